The number of benzene rings is 1. The van der Waals surface area contributed by atoms with Crippen molar-refractivity contribution in [1.82, 2.24) is 5.32 Å². The molecule has 1 heteroatoms. The molecule has 88 valence electrons. The number of hydrogen-bond acceptors (Lipinski definition) is 1. The summed E-state index contributed by atoms with van der Waals surface area (Å²) in [6.45, 7) is 7.83. The van der Waals surface area contributed by atoms with Gasteiger partial charge in [-0.3, -0.25) is 0 Å². The van der Waals surface area contributed by atoms with Gasteiger partial charge in [-0.15, -0.1) is 0 Å². The Balaban J connectivity index is 2.18. The monoisotopic (exact) mass is 217 g/mol. The molecular formula is C15H23N. The first-order valence-electron chi connectivity index (χ1n) is 6.43. The Morgan fingerprint density at radius 2 is 1.94 bits per heavy atom. The van der Waals surface area contributed by atoms with Crippen molar-refractivity contribution in [2.24, 2.45) is 0 Å². The van der Waals surface area contributed by atoms with E-state index in [1.165, 1.54) is 24.8 Å². The highest BCUT2D eigenvalue weighted by Crippen LogP contribution is 2.44. The van der Waals surface area contributed by atoms with Crippen LogP contribution in [0.2, 0.25) is 0 Å². The first-order valence-corrected chi connectivity index (χ1v) is 6.43. The molecule has 1 fully saturated rings. The Morgan fingerprint density at radius 3 is 2.44 bits per heavy atom. The van der Waals surface area contributed by atoms with Crippen LogP contribution in [0.15, 0.2) is 24.3 Å². The van der Waals surface area contributed by atoms with Crippen LogP contribution in [0.3, 0.4) is 0 Å². The van der Waals surface area contributed by atoms with E-state index in [0.29, 0.717) is 11.5 Å². The molecule has 1 N–H and O–H groups in total. The minimum Gasteiger partial charge on any atom is -0.314 e. The zero-order chi connectivity index (χ0) is 11.6. The predicted octanol–water partition coefficient (Wildman–Crippen LogP) is 3.41. The molecule has 16 heavy (non-hydrogen) atoms. The van der Waals surface area contributed by atoms with Crippen molar-refractivity contribution in [2.75, 3.05) is 6.54 Å². The van der Waals surface area contributed by atoms with E-state index in [0.717, 1.165) is 6.54 Å². The van der Waals surface area contributed by atoms with Gasteiger partial charge in [-0.05, 0) is 30.9 Å². The molecular weight excluding hydrogens is 194 g/mol. The maximum atomic E-state index is 3.61. The third-order valence-electron chi connectivity index (χ3n) is 3.88. The number of aryl methyl sites for hydroxylation is 1. The molecule has 1 aliphatic carbocycles. The van der Waals surface area contributed by atoms with Crippen LogP contribution in [0.4, 0.5) is 0 Å². The van der Waals surface area contributed by atoms with Gasteiger partial charge >= 0.3 is 0 Å². The molecule has 0 saturated heterocycles. The average Bonchev–Trinajstić information content (AvgIpc) is 2.18. The van der Waals surface area contributed by atoms with Crippen LogP contribution < -0.4 is 5.32 Å². The van der Waals surface area contributed by atoms with E-state index in [-0.39, 0.29) is 0 Å². The molecule has 2 rings (SSSR count). The smallest absolute Gasteiger partial charge is 0.00805 e. The van der Waals surface area contributed by atoms with Gasteiger partial charge in [0.15, 0.2) is 0 Å². The Kier molecular flexibility index (Phi) is 3.34. The zero-order valence-electron chi connectivity index (χ0n) is 10.7. The predicted molar refractivity (Wildman–Crippen MR) is 69.8 cm³/mol. The summed E-state index contributed by atoms with van der Waals surface area (Å²) < 4.78 is 0. The van der Waals surface area contributed by atoms with Crippen LogP contribution in [0.25, 0.3) is 0 Å². The molecule has 0 atom stereocenters. The van der Waals surface area contributed by atoms with Crippen LogP contribution in [-0.4, -0.2) is 12.6 Å². The third kappa shape index (κ3) is 2.15. The van der Waals surface area contributed by atoms with Gasteiger partial charge in [0.05, 0.1) is 0 Å². The van der Waals surface area contributed by atoms with Gasteiger partial charge in [0, 0.05) is 18.0 Å². The zero-order valence-corrected chi connectivity index (χ0v) is 10.7. The van der Waals surface area contributed by atoms with E-state index < -0.39 is 0 Å². The van der Waals surface area contributed by atoms with E-state index in [9.17, 15) is 0 Å². The second-order valence-corrected chi connectivity index (χ2v) is 5.48. The summed E-state index contributed by atoms with van der Waals surface area (Å²) in [5.74, 6) is 0. The summed E-state index contributed by atoms with van der Waals surface area (Å²) in [7, 11) is 0. The number of rotatable bonds is 4. The molecule has 0 unspecified atom stereocenters. The van der Waals surface area contributed by atoms with Crippen molar-refractivity contribution in [3.05, 3.63) is 35.4 Å². The minimum atomic E-state index is 0.426. The lowest BCUT2D eigenvalue weighted by atomic mass is 9.63. The quantitative estimate of drug-likeness (QED) is 0.815. The number of hydrogen-bond donors (Lipinski definition) is 1. The topological polar surface area (TPSA) is 12.0 Å². The highest BCUT2D eigenvalue weighted by atomic mass is 14.9. The van der Waals surface area contributed by atoms with Crippen LogP contribution in [0.5, 0.6) is 0 Å². The molecule has 0 aliphatic heterocycles. The molecule has 0 heterocycles. The van der Waals surface area contributed by atoms with E-state index >= 15 is 0 Å². The van der Waals surface area contributed by atoms with E-state index in [2.05, 4.69) is 50.4 Å². The fourth-order valence-corrected chi connectivity index (χ4v) is 2.71. The van der Waals surface area contributed by atoms with Crippen molar-refractivity contribution in [1.29, 1.82) is 0 Å². The Bertz CT molecular complexity index is 350. The van der Waals surface area contributed by atoms with Crippen molar-refractivity contribution in [3.8, 4) is 0 Å². The lowest BCUT2D eigenvalue weighted by molar-refractivity contribution is 0.227. The van der Waals surface area contributed by atoms with E-state index in [4.69, 9.17) is 0 Å². The highest BCUT2D eigenvalue weighted by molar-refractivity contribution is 5.35. The van der Waals surface area contributed by atoms with Crippen LogP contribution in [-0.2, 0) is 5.41 Å². The van der Waals surface area contributed by atoms with Crippen molar-refractivity contribution < 1.29 is 0 Å². The molecule has 0 bridgehead atoms. The fraction of sp³-hybridized carbons (Fsp3) is 0.600. The first kappa shape index (κ1) is 11.7. The van der Waals surface area contributed by atoms with Crippen molar-refractivity contribution in [3.63, 3.8) is 0 Å². The summed E-state index contributed by atoms with van der Waals surface area (Å²) in [4.78, 5) is 0. The largest absolute Gasteiger partial charge is 0.314 e. The second kappa shape index (κ2) is 4.58. The van der Waals surface area contributed by atoms with Gasteiger partial charge in [0.2, 0.25) is 0 Å². The number of nitrogens with one attached hydrogen (secondary N) is 1. The lowest BCUT2D eigenvalue weighted by Gasteiger charge is -2.44. The van der Waals surface area contributed by atoms with E-state index in [1.54, 1.807) is 5.56 Å². The lowest BCUT2D eigenvalue weighted by Crippen LogP contribution is -2.46. The molecule has 0 radical (unpaired) electrons. The standard InChI is InChI=1S/C15H23N/c1-12(2)16-11-15(9-6-10-15)14-8-5-4-7-13(14)3/h4-5,7-8,12,16H,6,9-11H2,1-3H3. The van der Waals surface area contributed by atoms with Gasteiger partial charge in [0.1, 0.15) is 0 Å². The minimum absolute atomic E-state index is 0.426. The van der Waals surface area contributed by atoms with Gasteiger partial charge in [-0.2, -0.15) is 0 Å². The maximum absolute atomic E-state index is 3.61. The van der Waals surface area contributed by atoms with Gasteiger partial charge in [-0.1, -0.05) is 44.5 Å². The molecule has 1 aromatic rings. The Morgan fingerprint density at radius 1 is 1.25 bits per heavy atom. The summed E-state index contributed by atoms with van der Waals surface area (Å²) in [6, 6.07) is 9.46. The van der Waals surface area contributed by atoms with Crippen molar-refractivity contribution in [2.45, 2.75) is 51.5 Å². The normalized spacial score (nSPS) is 18.5. The summed E-state index contributed by atoms with van der Waals surface area (Å²) in [5, 5.41) is 3.61. The molecule has 0 aromatic heterocycles. The molecule has 1 aliphatic rings. The SMILES string of the molecule is Cc1ccccc1C1(CNC(C)C)CCC1. The van der Waals surface area contributed by atoms with Crippen LogP contribution in [0, 0.1) is 6.92 Å². The van der Waals surface area contributed by atoms with Crippen molar-refractivity contribution >= 4 is 0 Å². The Labute approximate surface area is 99.3 Å². The molecule has 1 nitrogen and oxygen atoms in total. The molecule has 1 saturated carbocycles. The van der Waals surface area contributed by atoms with Crippen LogP contribution in [0.1, 0.15) is 44.2 Å². The van der Waals surface area contributed by atoms with Gasteiger partial charge in [-0.25, -0.2) is 0 Å². The van der Waals surface area contributed by atoms with E-state index in [1.807, 2.05) is 0 Å². The summed E-state index contributed by atoms with van der Waals surface area (Å²) in [5.41, 5.74) is 3.44. The average molecular weight is 217 g/mol. The van der Waals surface area contributed by atoms with Crippen LogP contribution >= 0.6 is 0 Å². The summed E-state index contributed by atoms with van der Waals surface area (Å²) in [6.07, 6.45) is 4.07. The van der Waals surface area contributed by atoms with Gasteiger partial charge < -0.3 is 5.32 Å². The fourth-order valence-electron chi connectivity index (χ4n) is 2.71. The maximum Gasteiger partial charge on any atom is 0.00805 e. The second-order valence-electron chi connectivity index (χ2n) is 5.48. The Hall–Kier alpha value is -0.820. The van der Waals surface area contributed by atoms with Gasteiger partial charge in [0.25, 0.3) is 0 Å². The highest BCUT2D eigenvalue weighted by Gasteiger charge is 2.39. The third-order valence-corrected chi connectivity index (χ3v) is 3.88. The molecule has 1 aromatic carbocycles. The summed E-state index contributed by atoms with van der Waals surface area (Å²) >= 11 is 0. The molecule has 0 amide bonds. The molecule has 0 spiro atoms. The first-order chi connectivity index (χ1) is 7.64.